The maximum Gasteiger partial charge on any atom is 0.229 e. The van der Waals surface area contributed by atoms with E-state index in [-0.39, 0.29) is 5.82 Å². The zero-order valence-corrected chi connectivity index (χ0v) is 16.9. The van der Waals surface area contributed by atoms with Crippen molar-refractivity contribution in [3.63, 3.8) is 0 Å². The van der Waals surface area contributed by atoms with Gasteiger partial charge < -0.3 is 4.74 Å². The molecule has 6 heteroatoms. The molecule has 0 amide bonds. The van der Waals surface area contributed by atoms with Gasteiger partial charge in [0.2, 0.25) is 10.0 Å². The molecule has 0 saturated heterocycles. The minimum atomic E-state index is -3.39. The Bertz CT molecular complexity index is 1230. The molecule has 3 aromatic rings. The number of anilines is 1. The molecule has 148 valence electrons. The van der Waals surface area contributed by atoms with Gasteiger partial charge in [0.1, 0.15) is 18.2 Å². The number of ether oxygens (including phenoxy) is 1. The number of allylic oxidation sites excluding steroid dienone is 1. The first-order chi connectivity index (χ1) is 13.8. The molecule has 0 fully saturated rings. The van der Waals surface area contributed by atoms with Gasteiger partial charge in [-0.1, -0.05) is 36.4 Å². The summed E-state index contributed by atoms with van der Waals surface area (Å²) in [5.41, 5.74) is 5.60. The predicted octanol–water partition coefficient (Wildman–Crippen LogP) is 5.07. The molecule has 1 aliphatic heterocycles. The Balaban J connectivity index is 1.96. The van der Waals surface area contributed by atoms with E-state index in [0.29, 0.717) is 12.3 Å². The molecule has 1 heterocycles. The van der Waals surface area contributed by atoms with Crippen LogP contribution in [0.2, 0.25) is 0 Å². The van der Waals surface area contributed by atoms with Crippen LogP contribution in [0.5, 0.6) is 5.75 Å². The van der Waals surface area contributed by atoms with E-state index in [2.05, 4.69) is 4.72 Å². The smallest absolute Gasteiger partial charge is 0.229 e. The molecular formula is C23H20FNO3S. The number of benzene rings is 3. The van der Waals surface area contributed by atoms with E-state index in [1.165, 1.54) is 12.1 Å². The van der Waals surface area contributed by atoms with Crippen molar-refractivity contribution in [1.29, 1.82) is 0 Å². The Kier molecular flexibility index (Phi) is 4.88. The third-order valence-corrected chi connectivity index (χ3v) is 5.46. The number of fused-ring (bicyclic) bond motifs is 2. The Morgan fingerprint density at radius 2 is 1.79 bits per heavy atom. The summed E-state index contributed by atoms with van der Waals surface area (Å²) in [4.78, 5) is 0. The lowest BCUT2D eigenvalue weighted by Crippen LogP contribution is -2.09. The summed E-state index contributed by atoms with van der Waals surface area (Å²) in [6.07, 6.45) is 1.11. The molecule has 0 unspecified atom stereocenters. The zero-order valence-electron chi connectivity index (χ0n) is 16.1. The molecule has 29 heavy (non-hydrogen) atoms. The van der Waals surface area contributed by atoms with E-state index >= 15 is 0 Å². The van der Waals surface area contributed by atoms with Gasteiger partial charge >= 0.3 is 0 Å². The Labute approximate surface area is 169 Å². The van der Waals surface area contributed by atoms with Gasteiger partial charge in [-0.25, -0.2) is 12.8 Å². The fourth-order valence-electron chi connectivity index (χ4n) is 3.59. The van der Waals surface area contributed by atoms with Crippen LogP contribution in [0.3, 0.4) is 0 Å². The third-order valence-electron chi connectivity index (χ3n) is 4.85. The Morgan fingerprint density at radius 3 is 2.59 bits per heavy atom. The van der Waals surface area contributed by atoms with Gasteiger partial charge in [-0.3, -0.25) is 4.72 Å². The Hall–Kier alpha value is -3.12. The monoisotopic (exact) mass is 409 g/mol. The summed E-state index contributed by atoms with van der Waals surface area (Å²) in [7, 11) is -3.39. The lowest BCUT2D eigenvalue weighted by Gasteiger charge is -2.16. The summed E-state index contributed by atoms with van der Waals surface area (Å²) >= 11 is 0. The van der Waals surface area contributed by atoms with Crippen LogP contribution in [0.4, 0.5) is 10.1 Å². The number of nitrogens with one attached hydrogen (secondary N) is 1. The lowest BCUT2D eigenvalue weighted by molar-refractivity contribution is 0.307. The number of hydrogen-bond donors (Lipinski definition) is 1. The van der Waals surface area contributed by atoms with Crippen molar-refractivity contribution in [3.8, 4) is 5.75 Å². The van der Waals surface area contributed by atoms with Crippen molar-refractivity contribution in [2.45, 2.75) is 13.5 Å². The van der Waals surface area contributed by atoms with E-state index in [4.69, 9.17) is 4.74 Å². The molecule has 0 radical (unpaired) electrons. The standard InChI is InChI=1S/C23H20FNO3S/c1-15(16-6-5-7-19(12-16)25-29(2,26)27)23-20-8-3-4-9-22(20)28-14-17-10-11-18(24)13-21(17)23/h3-13,25H,14H2,1-2H3. The van der Waals surface area contributed by atoms with Crippen LogP contribution in [0.15, 0.2) is 66.7 Å². The summed E-state index contributed by atoms with van der Waals surface area (Å²) < 4.78 is 45.9. The van der Waals surface area contributed by atoms with Gasteiger partial charge in [-0.15, -0.1) is 0 Å². The minimum Gasteiger partial charge on any atom is -0.488 e. The average Bonchev–Trinajstić information content (AvgIpc) is 2.83. The largest absolute Gasteiger partial charge is 0.488 e. The van der Waals surface area contributed by atoms with Crippen LogP contribution in [-0.4, -0.2) is 14.7 Å². The van der Waals surface area contributed by atoms with Crippen molar-refractivity contribution in [1.82, 2.24) is 0 Å². The molecule has 0 aliphatic carbocycles. The summed E-state index contributed by atoms with van der Waals surface area (Å²) in [6, 6.07) is 19.5. The number of hydrogen-bond acceptors (Lipinski definition) is 3. The van der Waals surface area contributed by atoms with Gasteiger partial charge in [-0.2, -0.15) is 0 Å². The van der Waals surface area contributed by atoms with Crippen molar-refractivity contribution in [3.05, 3.63) is 94.8 Å². The first-order valence-corrected chi connectivity index (χ1v) is 11.0. The lowest BCUT2D eigenvalue weighted by atomic mass is 9.88. The van der Waals surface area contributed by atoms with Gasteiger partial charge in [0.05, 0.1) is 6.26 Å². The second-order valence-electron chi connectivity index (χ2n) is 7.04. The van der Waals surface area contributed by atoms with Crippen LogP contribution >= 0.6 is 0 Å². The van der Waals surface area contributed by atoms with Crippen LogP contribution in [-0.2, 0) is 16.6 Å². The average molecular weight is 409 g/mol. The molecule has 4 rings (SSSR count). The van der Waals surface area contributed by atoms with Gasteiger partial charge in [-0.05, 0) is 65.1 Å². The highest BCUT2D eigenvalue weighted by molar-refractivity contribution is 7.92. The fourth-order valence-corrected chi connectivity index (χ4v) is 4.14. The van der Waals surface area contributed by atoms with Crippen LogP contribution in [0, 0.1) is 5.82 Å². The highest BCUT2D eigenvalue weighted by Gasteiger charge is 2.22. The first kappa shape index (κ1) is 19.2. The maximum atomic E-state index is 14.2. The second-order valence-corrected chi connectivity index (χ2v) is 8.79. The van der Waals surface area contributed by atoms with Gasteiger partial charge in [0.15, 0.2) is 0 Å². The number of halogens is 1. The number of rotatable bonds is 3. The molecule has 0 atom stereocenters. The van der Waals surface area contributed by atoms with Gasteiger partial charge in [0, 0.05) is 11.3 Å². The van der Waals surface area contributed by atoms with Crippen LogP contribution in [0.1, 0.15) is 29.2 Å². The van der Waals surface area contributed by atoms with Crippen LogP contribution in [0.25, 0.3) is 11.1 Å². The SMILES string of the molecule is CC(=C1c2cc(F)ccc2COc2ccccc21)c1cccc(NS(C)(=O)=O)c1. The summed E-state index contributed by atoms with van der Waals surface area (Å²) in [5, 5.41) is 0. The highest BCUT2D eigenvalue weighted by Crippen LogP contribution is 2.41. The van der Waals surface area contributed by atoms with Gasteiger partial charge in [0.25, 0.3) is 0 Å². The van der Waals surface area contributed by atoms with Crippen molar-refractivity contribution < 1.29 is 17.5 Å². The Morgan fingerprint density at radius 1 is 1.00 bits per heavy atom. The predicted molar refractivity (Wildman–Crippen MR) is 114 cm³/mol. The summed E-state index contributed by atoms with van der Waals surface area (Å²) in [5.74, 6) is 0.407. The molecule has 3 aromatic carbocycles. The molecule has 1 N–H and O–H groups in total. The maximum absolute atomic E-state index is 14.2. The highest BCUT2D eigenvalue weighted by atomic mass is 32.2. The number of para-hydroxylation sites is 1. The number of sulfonamides is 1. The second kappa shape index (κ2) is 7.37. The first-order valence-electron chi connectivity index (χ1n) is 9.12. The molecule has 0 spiro atoms. The third kappa shape index (κ3) is 4.03. The normalized spacial score (nSPS) is 14.9. The topological polar surface area (TPSA) is 55.4 Å². The molecular weight excluding hydrogens is 389 g/mol. The van der Waals surface area contributed by atoms with E-state index in [9.17, 15) is 12.8 Å². The molecule has 1 aliphatic rings. The van der Waals surface area contributed by atoms with Crippen molar-refractivity contribution in [2.75, 3.05) is 11.0 Å². The van der Waals surface area contributed by atoms with E-state index in [1.807, 2.05) is 37.3 Å². The molecule has 0 bridgehead atoms. The van der Waals surface area contributed by atoms with Crippen molar-refractivity contribution >= 4 is 26.9 Å². The van der Waals surface area contributed by atoms with Crippen LogP contribution < -0.4 is 9.46 Å². The van der Waals surface area contributed by atoms with E-state index in [0.717, 1.165) is 45.4 Å². The molecule has 0 aromatic heterocycles. The minimum absolute atomic E-state index is 0.319. The quantitative estimate of drug-likeness (QED) is 0.657. The zero-order chi connectivity index (χ0) is 20.6. The molecule has 0 saturated carbocycles. The van der Waals surface area contributed by atoms with E-state index < -0.39 is 10.0 Å². The van der Waals surface area contributed by atoms with Crippen molar-refractivity contribution in [2.24, 2.45) is 0 Å². The fraction of sp³-hybridized carbons (Fsp3) is 0.130. The summed E-state index contributed by atoms with van der Waals surface area (Å²) in [6.45, 7) is 2.30. The molecule has 4 nitrogen and oxygen atoms in total. The van der Waals surface area contributed by atoms with E-state index in [1.54, 1.807) is 24.3 Å².